The molecule has 2 rings (SSSR count). The fraction of sp³-hybridized carbons (Fsp3) is 0.833. The quantitative estimate of drug-likeness (QED) is 0.445. The van der Waals surface area contributed by atoms with Crippen LogP contribution in [0.3, 0.4) is 0 Å². The summed E-state index contributed by atoms with van der Waals surface area (Å²) in [5.41, 5.74) is -0.881. The van der Waals surface area contributed by atoms with Crippen LogP contribution in [-0.4, -0.2) is 39.4 Å². The highest BCUT2D eigenvalue weighted by atomic mass is 79.9. The maximum Gasteiger partial charge on any atom is 0.208 e. The summed E-state index contributed by atoms with van der Waals surface area (Å²) in [6.07, 6.45) is 0.680. The van der Waals surface area contributed by atoms with Crippen LogP contribution in [0, 0.1) is 5.92 Å². The molecule has 7 heteroatoms. The molecule has 1 N–H and O–H groups in total. The molecule has 2 bridgehead atoms. The van der Waals surface area contributed by atoms with Gasteiger partial charge in [0, 0.05) is 29.1 Å². The highest BCUT2D eigenvalue weighted by Crippen LogP contribution is 2.75. The molecule has 19 heavy (non-hydrogen) atoms. The third-order valence-corrected chi connectivity index (χ3v) is 10.7. The number of fused-ring (bicyclic) bond motifs is 2. The van der Waals surface area contributed by atoms with E-state index in [2.05, 4.69) is 63.7 Å². The minimum Gasteiger partial charge on any atom is -0.390 e. The van der Waals surface area contributed by atoms with Gasteiger partial charge in [0.1, 0.15) is 8.65 Å². The van der Waals surface area contributed by atoms with E-state index in [1.54, 1.807) is 14.2 Å². The van der Waals surface area contributed by atoms with Gasteiger partial charge in [-0.3, -0.25) is 0 Å². The second kappa shape index (κ2) is 4.77. The molecule has 0 aromatic heterocycles. The lowest BCUT2D eigenvalue weighted by atomic mass is 9.80. The smallest absolute Gasteiger partial charge is 0.208 e. The SMILES string of the molecule is COC1(OC)[C@@]2(Br)C[C@H](C(C)(C)O)[C@]1(Br)C(Br)=C2Br. The Bertz CT molecular complexity index is 441. The van der Waals surface area contributed by atoms with Crippen molar-refractivity contribution in [1.82, 2.24) is 0 Å². The van der Waals surface area contributed by atoms with Crippen LogP contribution in [0.25, 0.3) is 0 Å². The normalized spacial score (nSPS) is 41.2. The van der Waals surface area contributed by atoms with Crippen LogP contribution in [0.5, 0.6) is 0 Å². The number of rotatable bonds is 3. The molecule has 0 saturated heterocycles. The first-order valence-electron chi connectivity index (χ1n) is 5.79. The summed E-state index contributed by atoms with van der Waals surface area (Å²) in [4.78, 5) is 0. The molecule has 0 spiro atoms. The maximum atomic E-state index is 10.5. The van der Waals surface area contributed by atoms with E-state index in [0.717, 1.165) is 8.96 Å². The minimum absolute atomic E-state index is 0.0880. The van der Waals surface area contributed by atoms with Gasteiger partial charge in [-0.15, -0.1) is 0 Å². The number of ether oxygens (including phenoxy) is 2. The van der Waals surface area contributed by atoms with E-state index in [-0.39, 0.29) is 5.92 Å². The molecule has 2 aliphatic rings. The lowest BCUT2D eigenvalue weighted by Gasteiger charge is -2.44. The van der Waals surface area contributed by atoms with E-state index < -0.39 is 20.0 Å². The van der Waals surface area contributed by atoms with E-state index in [0.29, 0.717) is 6.42 Å². The molecular formula is C12H16Br4O3. The van der Waals surface area contributed by atoms with E-state index >= 15 is 0 Å². The molecule has 1 fully saturated rings. The predicted octanol–water partition coefficient (Wildman–Crippen LogP) is 4.05. The van der Waals surface area contributed by atoms with Crippen molar-refractivity contribution < 1.29 is 14.6 Å². The van der Waals surface area contributed by atoms with Gasteiger partial charge in [-0.05, 0) is 20.3 Å². The monoisotopic (exact) mass is 524 g/mol. The standard InChI is InChI=1S/C12H16Br4O3/c1-9(2,17)6-5-10(15)7(13)8(14)11(6,16)12(10,18-3)19-4/h6,17H,5H2,1-4H3/t6-,10-,11+/m1/s1. The summed E-state index contributed by atoms with van der Waals surface area (Å²) in [6.45, 7) is 3.62. The fourth-order valence-corrected chi connectivity index (χ4v) is 8.53. The van der Waals surface area contributed by atoms with Crippen molar-refractivity contribution in [3.63, 3.8) is 0 Å². The Morgan fingerprint density at radius 3 is 1.95 bits per heavy atom. The predicted molar refractivity (Wildman–Crippen MR) is 89.3 cm³/mol. The Hall–Kier alpha value is 1.54. The summed E-state index contributed by atoms with van der Waals surface area (Å²) in [5, 5.41) is 10.5. The summed E-state index contributed by atoms with van der Waals surface area (Å²) >= 11 is 14.8. The number of halogens is 4. The zero-order valence-electron chi connectivity index (χ0n) is 11.1. The van der Waals surface area contributed by atoms with Crippen LogP contribution in [0.2, 0.25) is 0 Å². The summed E-state index contributed by atoms with van der Waals surface area (Å²) in [7, 11) is 3.24. The van der Waals surface area contributed by atoms with Crippen LogP contribution in [0.15, 0.2) is 8.96 Å². The Morgan fingerprint density at radius 2 is 1.63 bits per heavy atom. The molecule has 0 heterocycles. The molecule has 0 aromatic carbocycles. The first-order valence-corrected chi connectivity index (χ1v) is 8.97. The van der Waals surface area contributed by atoms with Gasteiger partial charge in [-0.25, -0.2) is 0 Å². The fourth-order valence-electron chi connectivity index (χ4n) is 3.38. The van der Waals surface area contributed by atoms with Crippen LogP contribution in [-0.2, 0) is 9.47 Å². The highest BCUT2D eigenvalue weighted by Gasteiger charge is 2.81. The van der Waals surface area contributed by atoms with E-state index in [1.807, 2.05) is 13.8 Å². The van der Waals surface area contributed by atoms with Crippen molar-refractivity contribution >= 4 is 63.7 Å². The molecule has 0 aliphatic heterocycles. The van der Waals surface area contributed by atoms with Crippen LogP contribution >= 0.6 is 63.7 Å². The number of hydrogen-bond acceptors (Lipinski definition) is 3. The summed E-state index contributed by atoms with van der Waals surface area (Å²) < 4.78 is 12.2. The Labute approximate surface area is 147 Å². The molecule has 1 saturated carbocycles. The van der Waals surface area contributed by atoms with Gasteiger partial charge in [0.25, 0.3) is 0 Å². The van der Waals surface area contributed by atoms with Crippen LogP contribution in [0.1, 0.15) is 20.3 Å². The third kappa shape index (κ3) is 1.75. The first-order chi connectivity index (χ1) is 8.53. The van der Waals surface area contributed by atoms with Crippen molar-refractivity contribution in [1.29, 1.82) is 0 Å². The number of hydrogen-bond donors (Lipinski definition) is 1. The molecule has 110 valence electrons. The van der Waals surface area contributed by atoms with Gasteiger partial charge >= 0.3 is 0 Å². The molecule has 3 atom stereocenters. The molecule has 3 nitrogen and oxygen atoms in total. The zero-order valence-corrected chi connectivity index (χ0v) is 17.4. The van der Waals surface area contributed by atoms with Crippen molar-refractivity contribution in [2.45, 2.75) is 40.3 Å². The average Bonchev–Trinajstić information content (AvgIpc) is 2.60. The topological polar surface area (TPSA) is 38.7 Å². The summed E-state index contributed by atoms with van der Waals surface area (Å²) in [6, 6.07) is 0. The first kappa shape index (κ1) is 16.9. The number of aliphatic hydroxyl groups is 1. The van der Waals surface area contributed by atoms with Crippen molar-refractivity contribution in [3.05, 3.63) is 8.96 Å². The molecular weight excluding hydrogens is 512 g/mol. The molecule has 2 aliphatic carbocycles. The Balaban J connectivity index is 2.72. The van der Waals surface area contributed by atoms with Crippen LogP contribution < -0.4 is 0 Å². The average molecular weight is 528 g/mol. The molecule has 0 unspecified atom stereocenters. The van der Waals surface area contributed by atoms with E-state index in [4.69, 9.17) is 9.47 Å². The Kier molecular flexibility index (Phi) is 4.24. The van der Waals surface area contributed by atoms with Gasteiger partial charge < -0.3 is 14.6 Å². The van der Waals surface area contributed by atoms with E-state index in [9.17, 15) is 5.11 Å². The second-order valence-electron chi connectivity index (χ2n) is 5.58. The van der Waals surface area contributed by atoms with Gasteiger partial charge in [0.05, 0.1) is 5.60 Å². The van der Waals surface area contributed by atoms with Gasteiger partial charge in [0.2, 0.25) is 5.79 Å². The van der Waals surface area contributed by atoms with Crippen molar-refractivity contribution in [3.8, 4) is 0 Å². The molecule has 0 amide bonds. The van der Waals surface area contributed by atoms with Crippen LogP contribution in [0.4, 0.5) is 0 Å². The van der Waals surface area contributed by atoms with E-state index in [1.165, 1.54) is 0 Å². The van der Waals surface area contributed by atoms with Crippen molar-refractivity contribution in [2.75, 3.05) is 14.2 Å². The second-order valence-corrected chi connectivity index (χ2v) is 9.77. The van der Waals surface area contributed by atoms with Gasteiger partial charge in [-0.1, -0.05) is 63.7 Å². The molecule has 0 radical (unpaired) electrons. The largest absolute Gasteiger partial charge is 0.390 e. The lowest BCUT2D eigenvalue weighted by Crippen LogP contribution is -2.58. The minimum atomic E-state index is -0.942. The van der Waals surface area contributed by atoms with Crippen molar-refractivity contribution in [2.24, 2.45) is 5.92 Å². The van der Waals surface area contributed by atoms with Gasteiger partial charge in [-0.2, -0.15) is 0 Å². The lowest BCUT2D eigenvalue weighted by molar-refractivity contribution is -0.216. The Morgan fingerprint density at radius 1 is 1.16 bits per heavy atom. The number of alkyl halides is 2. The zero-order chi connectivity index (χ0) is 14.9. The number of methoxy groups -OCH3 is 2. The summed E-state index contributed by atoms with van der Waals surface area (Å²) in [5.74, 6) is -1.03. The highest BCUT2D eigenvalue weighted by molar-refractivity contribution is 9.16. The maximum absolute atomic E-state index is 10.5. The molecule has 0 aromatic rings. The third-order valence-electron chi connectivity index (χ3n) is 4.25. The van der Waals surface area contributed by atoms with Gasteiger partial charge in [0.15, 0.2) is 0 Å².